The van der Waals surface area contributed by atoms with Crippen LogP contribution in [0.25, 0.3) is 0 Å². The third-order valence-electron chi connectivity index (χ3n) is 6.77. The van der Waals surface area contributed by atoms with E-state index in [2.05, 4.69) is 43.1 Å². The van der Waals surface area contributed by atoms with Gasteiger partial charge in [0.1, 0.15) is 0 Å². The predicted molar refractivity (Wildman–Crippen MR) is 136 cm³/mol. The van der Waals surface area contributed by atoms with Crippen LogP contribution in [0, 0.1) is 11.7 Å². The first-order valence-corrected chi connectivity index (χ1v) is 12.8. The molecule has 1 aromatic carbocycles. The third-order valence-corrected chi connectivity index (χ3v) is 6.77. The van der Waals surface area contributed by atoms with Gasteiger partial charge in [-0.2, -0.15) is 15.0 Å². The van der Waals surface area contributed by atoms with Gasteiger partial charge < -0.3 is 30.7 Å². The molecule has 9 nitrogen and oxygen atoms in total. The lowest BCUT2D eigenvalue weighted by atomic mass is 9.89. The zero-order valence-corrected chi connectivity index (χ0v) is 20.8. The van der Waals surface area contributed by atoms with Crippen LogP contribution in [0.1, 0.15) is 58.3 Å². The summed E-state index contributed by atoms with van der Waals surface area (Å²) in [4.78, 5) is 13.8. The van der Waals surface area contributed by atoms with Crippen molar-refractivity contribution in [2.75, 3.05) is 42.9 Å². The number of nitrogens with one attached hydrogen (secondary N) is 4. The van der Waals surface area contributed by atoms with E-state index in [-0.39, 0.29) is 18.6 Å². The molecule has 2 atom stereocenters. The number of rotatable bonds is 12. The van der Waals surface area contributed by atoms with Crippen LogP contribution in [-0.2, 0) is 4.74 Å². The van der Waals surface area contributed by atoms with E-state index in [0.29, 0.717) is 35.5 Å². The highest BCUT2D eigenvalue weighted by Gasteiger charge is 2.24. The first-order valence-electron chi connectivity index (χ1n) is 12.8. The van der Waals surface area contributed by atoms with Crippen molar-refractivity contribution in [3.8, 4) is 5.75 Å². The molecule has 4 rings (SSSR count). The highest BCUT2D eigenvalue weighted by molar-refractivity contribution is 5.57. The average molecular weight is 488 g/mol. The maximum Gasteiger partial charge on any atom is 0.233 e. The number of benzene rings is 1. The minimum absolute atomic E-state index is 0.0172. The van der Waals surface area contributed by atoms with Crippen LogP contribution in [0.5, 0.6) is 5.75 Å². The molecule has 2 heterocycles. The van der Waals surface area contributed by atoms with Gasteiger partial charge in [0.05, 0.1) is 0 Å². The molecular formula is C25H38FN7O2. The molecule has 1 saturated carbocycles. The molecule has 1 aromatic heterocycles. The molecular weight excluding hydrogens is 449 g/mol. The summed E-state index contributed by atoms with van der Waals surface area (Å²) < 4.78 is 24.5. The van der Waals surface area contributed by atoms with Crippen LogP contribution in [0.15, 0.2) is 18.2 Å². The second-order valence-electron chi connectivity index (χ2n) is 9.37. The number of anilines is 4. The molecule has 0 bridgehead atoms. The molecule has 10 heteroatoms. The summed E-state index contributed by atoms with van der Waals surface area (Å²) in [5.74, 6) is 1.65. The van der Waals surface area contributed by atoms with Crippen LogP contribution >= 0.6 is 0 Å². The van der Waals surface area contributed by atoms with Crippen molar-refractivity contribution in [1.29, 1.82) is 0 Å². The van der Waals surface area contributed by atoms with Gasteiger partial charge in [0, 0.05) is 37.5 Å². The minimum atomic E-state index is -0.492. The largest absolute Gasteiger partial charge is 0.464 e. The Hall–Kier alpha value is -2.72. The van der Waals surface area contributed by atoms with Gasteiger partial charge in [-0.25, -0.2) is 4.39 Å². The van der Waals surface area contributed by atoms with Crippen molar-refractivity contribution in [2.24, 2.45) is 5.92 Å². The zero-order valence-electron chi connectivity index (χ0n) is 20.8. The summed E-state index contributed by atoms with van der Waals surface area (Å²) in [5.41, 5.74) is 0.521. The maximum atomic E-state index is 14.4. The van der Waals surface area contributed by atoms with E-state index in [1.165, 1.54) is 51.7 Å². The summed E-state index contributed by atoms with van der Waals surface area (Å²) >= 11 is 0. The first kappa shape index (κ1) is 25.4. The van der Waals surface area contributed by atoms with Crippen molar-refractivity contribution < 1.29 is 13.9 Å². The van der Waals surface area contributed by atoms with E-state index in [0.717, 1.165) is 25.9 Å². The molecule has 2 fully saturated rings. The van der Waals surface area contributed by atoms with E-state index >= 15 is 0 Å². The Morgan fingerprint density at radius 1 is 1.06 bits per heavy atom. The molecule has 2 unspecified atom stereocenters. The fourth-order valence-electron chi connectivity index (χ4n) is 4.86. The van der Waals surface area contributed by atoms with Crippen molar-refractivity contribution >= 4 is 23.5 Å². The summed E-state index contributed by atoms with van der Waals surface area (Å²) in [6.07, 6.45) is 9.61. The maximum absolute atomic E-state index is 14.4. The number of hydrogen-bond acceptors (Lipinski definition) is 9. The summed E-state index contributed by atoms with van der Waals surface area (Å²) in [7, 11) is 1.49. The SMILES string of the molecule is CCC(Nc1nc(NCC2CCCCC2)nc(Nc2ccc(OCOC)c(F)c2)n1)C1CCCN1. The van der Waals surface area contributed by atoms with Gasteiger partial charge in [-0.3, -0.25) is 0 Å². The van der Waals surface area contributed by atoms with Crippen LogP contribution in [0.3, 0.4) is 0 Å². The monoisotopic (exact) mass is 487 g/mol. The molecule has 0 spiro atoms. The molecule has 0 amide bonds. The molecule has 1 aliphatic carbocycles. The normalized spacial score (nSPS) is 19.3. The van der Waals surface area contributed by atoms with Crippen molar-refractivity contribution in [3.63, 3.8) is 0 Å². The number of nitrogens with zero attached hydrogens (tertiary/aromatic N) is 3. The lowest BCUT2D eigenvalue weighted by Crippen LogP contribution is -2.40. The molecule has 1 saturated heterocycles. The van der Waals surface area contributed by atoms with E-state index in [4.69, 9.17) is 9.47 Å². The standard InChI is InChI=1S/C25H38FN7O2/c1-3-20(21-10-7-13-27-21)30-25-32-23(28-15-17-8-5-4-6-9-17)31-24(33-25)29-18-11-12-22(19(26)14-18)35-16-34-2/h11-12,14,17,20-21,27H,3-10,13,15-16H2,1-2H3,(H3,28,29,30,31,32,33). The quantitative estimate of drug-likeness (QED) is 0.318. The fourth-order valence-corrected chi connectivity index (χ4v) is 4.86. The highest BCUT2D eigenvalue weighted by atomic mass is 19.1. The van der Waals surface area contributed by atoms with Crippen LogP contribution in [-0.4, -0.2) is 54.0 Å². The van der Waals surface area contributed by atoms with Gasteiger partial charge in [0.25, 0.3) is 0 Å². The number of ether oxygens (including phenoxy) is 2. The van der Waals surface area contributed by atoms with Gasteiger partial charge in [0.15, 0.2) is 18.4 Å². The third kappa shape index (κ3) is 7.38. The molecule has 2 aromatic rings. The average Bonchev–Trinajstić information content (AvgIpc) is 3.41. The van der Waals surface area contributed by atoms with Crippen molar-refractivity contribution in [2.45, 2.75) is 70.4 Å². The summed E-state index contributed by atoms with van der Waals surface area (Å²) in [6.45, 7) is 4.02. The topological polar surface area (TPSA) is 105 Å². The molecule has 35 heavy (non-hydrogen) atoms. The second kappa shape index (κ2) is 12.8. The van der Waals surface area contributed by atoms with Crippen molar-refractivity contribution in [3.05, 3.63) is 24.0 Å². The van der Waals surface area contributed by atoms with Gasteiger partial charge >= 0.3 is 0 Å². The van der Waals surface area contributed by atoms with E-state index in [1.807, 2.05) is 0 Å². The number of methoxy groups -OCH3 is 1. The lowest BCUT2D eigenvalue weighted by Gasteiger charge is -2.24. The van der Waals surface area contributed by atoms with E-state index in [9.17, 15) is 4.39 Å². The summed E-state index contributed by atoms with van der Waals surface area (Å²) in [6, 6.07) is 5.23. The predicted octanol–water partition coefficient (Wildman–Crippen LogP) is 4.67. The number of hydrogen-bond donors (Lipinski definition) is 4. The highest BCUT2D eigenvalue weighted by Crippen LogP contribution is 2.26. The number of aromatic nitrogens is 3. The Bertz CT molecular complexity index is 936. The number of halogens is 1. The lowest BCUT2D eigenvalue weighted by molar-refractivity contribution is 0.0483. The first-order chi connectivity index (χ1) is 17.1. The van der Waals surface area contributed by atoms with Gasteiger partial charge in [-0.1, -0.05) is 26.2 Å². The molecule has 0 radical (unpaired) electrons. The Balaban J connectivity index is 1.51. The van der Waals surface area contributed by atoms with Crippen LogP contribution in [0.2, 0.25) is 0 Å². The smallest absolute Gasteiger partial charge is 0.233 e. The molecule has 192 valence electrons. The van der Waals surface area contributed by atoms with Gasteiger partial charge in [0.2, 0.25) is 17.8 Å². The summed E-state index contributed by atoms with van der Waals surface area (Å²) in [5, 5.41) is 13.6. The van der Waals surface area contributed by atoms with E-state index < -0.39 is 5.82 Å². The second-order valence-corrected chi connectivity index (χ2v) is 9.37. The van der Waals surface area contributed by atoms with Crippen LogP contribution < -0.4 is 26.0 Å². The Morgan fingerprint density at radius 3 is 2.57 bits per heavy atom. The van der Waals surface area contributed by atoms with Gasteiger partial charge in [-0.05, 0) is 56.7 Å². The molecule has 4 N–H and O–H groups in total. The van der Waals surface area contributed by atoms with Crippen molar-refractivity contribution in [1.82, 2.24) is 20.3 Å². The zero-order chi connectivity index (χ0) is 24.5. The fraction of sp³-hybridized carbons (Fsp3) is 0.640. The molecule has 1 aliphatic heterocycles. The Morgan fingerprint density at radius 2 is 1.86 bits per heavy atom. The minimum Gasteiger partial charge on any atom is -0.464 e. The van der Waals surface area contributed by atoms with Crippen LogP contribution in [0.4, 0.5) is 27.9 Å². The van der Waals surface area contributed by atoms with Gasteiger partial charge in [-0.15, -0.1) is 0 Å². The Labute approximate surface area is 207 Å². The van der Waals surface area contributed by atoms with E-state index in [1.54, 1.807) is 12.1 Å². The Kier molecular flexibility index (Phi) is 9.30. The molecule has 2 aliphatic rings.